The van der Waals surface area contributed by atoms with E-state index in [0.717, 1.165) is 54.6 Å². The molecule has 0 saturated carbocycles. The molecule has 0 aliphatic rings. The Bertz CT molecular complexity index is 2890. The second-order valence-electron chi connectivity index (χ2n) is 13.4. The maximum Gasteiger partial charge on any atom is 0.113 e. The van der Waals surface area contributed by atoms with Gasteiger partial charge in [-0.05, 0) is 93.3 Å². The second-order valence-corrected chi connectivity index (χ2v) is 13.4. The first-order valence-electron chi connectivity index (χ1n) is 16.9. The van der Waals surface area contributed by atoms with Crippen molar-refractivity contribution in [1.82, 2.24) is 0 Å². The van der Waals surface area contributed by atoms with Crippen LogP contribution in [0, 0.1) is 0 Å². The smallest absolute Gasteiger partial charge is 0.110 e. The summed E-state index contributed by atoms with van der Waals surface area (Å²) in [5, 5.41) is 8.86. The molecule has 52 heavy (non-hydrogen) atoms. The van der Waals surface area contributed by atoms with Crippen LogP contribution in [0.3, 0.4) is 0 Å². The number of rotatable bonds is 3. The first-order valence-corrected chi connectivity index (χ1v) is 16.9. The maximum atomic E-state index is 7.06. The van der Waals surface area contributed by atoms with E-state index in [0.29, 0.717) is 32.7 Å². The summed E-state index contributed by atoms with van der Waals surface area (Å²) < 4.78 is 0. The molecule has 9 aromatic carbocycles. The highest BCUT2D eigenvalue weighted by atomic mass is 14.3. The van der Waals surface area contributed by atoms with Crippen molar-refractivity contribution in [1.29, 1.82) is 0 Å². The highest BCUT2D eigenvalue weighted by Gasteiger charge is 2.26. The summed E-state index contributed by atoms with van der Waals surface area (Å²) >= 11 is 0. The van der Waals surface area contributed by atoms with Crippen molar-refractivity contribution >= 4 is 160 Å². The van der Waals surface area contributed by atoms with E-state index in [1.807, 2.05) is 48.5 Å². The molecule has 0 atom stereocenters. The molecule has 0 fully saturated rings. The van der Waals surface area contributed by atoms with Gasteiger partial charge in [0.2, 0.25) is 0 Å². The number of hydrogen-bond acceptors (Lipinski definition) is 0. The molecule has 0 unspecified atom stereocenters. The minimum absolute atomic E-state index is 0.182. The average Bonchev–Trinajstić information content (AvgIpc) is 3.19. The topological polar surface area (TPSA) is 0 Å². The van der Waals surface area contributed by atoms with Gasteiger partial charge in [-0.2, -0.15) is 0 Å². The molecule has 0 aliphatic carbocycles. The average molecular weight is 635 g/mol. The van der Waals surface area contributed by atoms with E-state index in [2.05, 4.69) is 72.8 Å². The lowest BCUT2D eigenvalue weighted by Crippen LogP contribution is -2.50. The van der Waals surface area contributed by atoms with E-state index in [-0.39, 0.29) is 43.7 Å². The normalized spacial score (nSPS) is 11.7. The van der Waals surface area contributed by atoms with Crippen LogP contribution in [0.1, 0.15) is 0 Å². The molecule has 8 heteroatoms. The van der Waals surface area contributed by atoms with Crippen molar-refractivity contribution in [2.75, 3.05) is 0 Å². The van der Waals surface area contributed by atoms with Crippen molar-refractivity contribution in [2.24, 2.45) is 0 Å². The Labute approximate surface area is 313 Å². The zero-order chi connectivity index (χ0) is 36.0. The van der Waals surface area contributed by atoms with Gasteiger partial charge in [-0.3, -0.25) is 0 Å². The van der Waals surface area contributed by atoms with Crippen LogP contribution in [-0.2, 0) is 0 Å². The Morgan fingerprint density at radius 2 is 0.692 bits per heavy atom. The van der Waals surface area contributed by atoms with E-state index in [9.17, 15) is 0 Å². The molecule has 16 radical (unpaired) electrons. The van der Waals surface area contributed by atoms with Crippen molar-refractivity contribution in [3.8, 4) is 33.4 Å². The SMILES string of the molecule is [B]c1c([B])c([B])c2c(-c3cc4ccc5ccccc5c4c4ccccc34)c3c([B])c([B])c([B])c([B])c3c(-c3ccc(-c4ccccc4)cc3)c2c1[B]. The summed E-state index contributed by atoms with van der Waals surface area (Å²) in [6.07, 6.45) is 0. The second kappa shape index (κ2) is 12.2. The number of hydrogen-bond donors (Lipinski definition) is 0. The maximum absolute atomic E-state index is 7.06. The summed E-state index contributed by atoms with van der Waals surface area (Å²) in [5.41, 5.74) is 6.97. The van der Waals surface area contributed by atoms with Gasteiger partial charge in [-0.25, -0.2) is 0 Å². The van der Waals surface area contributed by atoms with Crippen LogP contribution in [0.2, 0.25) is 0 Å². The quantitative estimate of drug-likeness (QED) is 0.159. The van der Waals surface area contributed by atoms with Crippen molar-refractivity contribution in [3.63, 3.8) is 0 Å². The van der Waals surface area contributed by atoms with Gasteiger partial charge in [0.1, 0.15) is 62.8 Å². The van der Waals surface area contributed by atoms with Gasteiger partial charge in [0.25, 0.3) is 0 Å². The molecule has 0 saturated heterocycles. The minimum atomic E-state index is 0.182. The molecular formula is C44H20B8. The largest absolute Gasteiger partial charge is 0.113 e. The first-order chi connectivity index (χ1) is 25.2. The summed E-state index contributed by atoms with van der Waals surface area (Å²) in [4.78, 5) is 0. The summed E-state index contributed by atoms with van der Waals surface area (Å²) in [6, 6.07) is 41.4. The monoisotopic (exact) mass is 636 g/mol. The minimum Gasteiger partial charge on any atom is -0.110 e. The van der Waals surface area contributed by atoms with E-state index >= 15 is 0 Å². The van der Waals surface area contributed by atoms with Gasteiger partial charge < -0.3 is 0 Å². The van der Waals surface area contributed by atoms with Gasteiger partial charge in [-0.1, -0.05) is 137 Å². The molecule has 0 aromatic heterocycles. The van der Waals surface area contributed by atoms with Crippen molar-refractivity contribution < 1.29 is 0 Å². The Kier molecular flexibility index (Phi) is 7.67. The van der Waals surface area contributed by atoms with Crippen LogP contribution in [0.15, 0.2) is 121 Å². The third kappa shape index (κ3) is 4.66. The zero-order valence-electron chi connectivity index (χ0n) is 28.2. The first kappa shape index (κ1) is 32.7. The third-order valence-corrected chi connectivity index (χ3v) is 10.6. The van der Waals surface area contributed by atoms with Gasteiger partial charge in [0, 0.05) is 0 Å². The van der Waals surface area contributed by atoms with Crippen LogP contribution in [-0.4, -0.2) is 62.8 Å². The highest BCUT2D eigenvalue weighted by molar-refractivity contribution is 6.71. The Morgan fingerprint density at radius 3 is 1.27 bits per heavy atom. The predicted molar refractivity (Wildman–Crippen MR) is 233 cm³/mol. The van der Waals surface area contributed by atoms with Gasteiger partial charge in [0.15, 0.2) is 0 Å². The fourth-order valence-corrected chi connectivity index (χ4v) is 8.05. The summed E-state index contributed by atoms with van der Waals surface area (Å²) in [7, 11) is 54.8. The lowest BCUT2D eigenvalue weighted by atomic mass is 9.59. The van der Waals surface area contributed by atoms with Crippen LogP contribution in [0.4, 0.5) is 0 Å². The van der Waals surface area contributed by atoms with Crippen LogP contribution >= 0.6 is 0 Å². The predicted octanol–water partition coefficient (Wildman–Crippen LogP) is 2.80. The van der Waals surface area contributed by atoms with Crippen LogP contribution < -0.4 is 43.7 Å². The Balaban J connectivity index is 1.53. The fourth-order valence-electron chi connectivity index (χ4n) is 8.05. The molecule has 0 N–H and O–H groups in total. The van der Waals surface area contributed by atoms with E-state index in [1.165, 1.54) is 0 Å². The standard InChI is InChI=1S/C44H20B8/c45-37-33-31(24-17-14-22(15-18-24)21-8-2-1-3-9-21)34-36(40(48)44(52)42(50)38(34)46)32(35(33)39(47)43(51)41(37)49)29-20-25-19-16-23-10-4-5-11-26(23)30(25)28-13-7-6-12-27(28)29/h1-20H. The molecule has 0 bridgehead atoms. The lowest BCUT2D eigenvalue weighted by molar-refractivity contribution is 1.62. The van der Waals surface area contributed by atoms with Crippen molar-refractivity contribution in [2.45, 2.75) is 0 Å². The van der Waals surface area contributed by atoms with Crippen LogP contribution in [0.25, 0.3) is 87.2 Å². The molecule has 0 spiro atoms. The number of benzene rings is 9. The van der Waals surface area contributed by atoms with Crippen molar-refractivity contribution in [3.05, 3.63) is 121 Å². The van der Waals surface area contributed by atoms with Gasteiger partial charge in [-0.15, -0.1) is 21.9 Å². The molecule has 0 heterocycles. The van der Waals surface area contributed by atoms with E-state index in [1.54, 1.807) is 0 Å². The molecule has 9 rings (SSSR count). The molecule has 220 valence electrons. The van der Waals surface area contributed by atoms with Crippen LogP contribution in [0.5, 0.6) is 0 Å². The summed E-state index contributed by atoms with van der Waals surface area (Å²) in [5.74, 6) is 0. The van der Waals surface area contributed by atoms with E-state index in [4.69, 9.17) is 62.8 Å². The molecule has 0 aliphatic heterocycles. The summed E-state index contributed by atoms with van der Waals surface area (Å²) in [6.45, 7) is 0. The number of fused-ring (bicyclic) bond motifs is 7. The Hall–Kier alpha value is -5.20. The Morgan fingerprint density at radius 1 is 0.269 bits per heavy atom. The zero-order valence-corrected chi connectivity index (χ0v) is 28.2. The van der Waals surface area contributed by atoms with Gasteiger partial charge >= 0.3 is 0 Å². The highest BCUT2D eigenvalue weighted by Crippen LogP contribution is 2.45. The molecule has 9 aromatic rings. The molecular weight excluding hydrogens is 615 g/mol. The lowest BCUT2D eigenvalue weighted by Gasteiger charge is -2.29. The molecule has 0 nitrogen and oxygen atoms in total. The van der Waals surface area contributed by atoms with Gasteiger partial charge in [0.05, 0.1) is 0 Å². The fraction of sp³-hybridized carbons (Fsp3) is 0. The third-order valence-electron chi connectivity index (χ3n) is 10.6. The van der Waals surface area contributed by atoms with E-state index < -0.39 is 0 Å². The molecule has 0 amide bonds.